The lowest BCUT2D eigenvalue weighted by Gasteiger charge is -2.25. The molecule has 1 aliphatic carbocycles. The van der Waals surface area contributed by atoms with Gasteiger partial charge in [0.2, 0.25) is 17.7 Å². The van der Waals surface area contributed by atoms with Crippen LogP contribution in [0.1, 0.15) is 51.0 Å². The Hall–Kier alpha value is -3.22. The van der Waals surface area contributed by atoms with E-state index in [-0.39, 0.29) is 43.1 Å². The number of hydrogen-bond acceptors (Lipinski definition) is 4. The molecule has 164 valence electrons. The maximum atomic E-state index is 13.1. The molecule has 0 radical (unpaired) electrons. The number of pyridine rings is 1. The van der Waals surface area contributed by atoms with E-state index in [0.717, 1.165) is 43.4 Å². The molecule has 1 heterocycles. The highest BCUT2D eigenvalue weighted by molar-refractivity contribution is 6.01. The summed E-state index contributed by atoms with van der Waals surface area (Å²) >= 11 is 0. The Morgan fingerprint density at radius 3 is 2.45 bits per heavy atom. The van der Waals surface area contributed by atoms with Gasteiger partial charge < -0.3 is 15.5 Å². The van der Waals surface area contributed by atoms with E-state index in [9.17, 15) is 14.4 Å². The molecule has 1 saturated carbocycles. The van der Waals surface area contributed by atoms with Crippen LogP contribution in [0.4, 0.5) is 11.5 Å². The molecule has 7 nitrogen and oxygen atoms in total. The largest absolute Gasteiger partial charge is 0.352 e. The van der Waals surface area contributed by atoms with Crippen LogP contribution in [0.5, 0.6) is 0 Å². The summed E-state index contributed by atoms with van der Waals surface area (Å²) in [7, 11) is 0. The highest BCUT2D eigenvalue weighted by atomic mass is 16.2. The van der Waals surface area contributed by atoms with Crippen molar-refractivity contribution in [3.8, 4) is 0 Å². The van der Waals surface area contributed by atoms with Gasteiger partial charge in [0.1, 0.15) is 12.4 Å². The van der Waals surface area contributed by atoms with Crippen molar-refractivity contribution in [2.24, 2.45) is 0 Å². The standard InChI is InChI=1S/C24H30N4O3/c1-2-18-9-3-6-12-20(18)28(17-23(30)26-19-10-4-5-11-19)24(31)15-14-22(29)27-21-13-7-8-16-25-21/h3,6-9,12-13,16,19H,2,4-5,10-11,14-15,17H2,1H3,(H,26,30)(H,25,27,29). The van der Waals surface area contributed by atoms with Gasteiger partial charge in [-0.05, 0) is 43.0 Å². The number of carbonyl (C=O) groups excluding carboxylic acids is 3. The van der Waals surface area contributed by atoms with Crippen LogP contribution in [0.25, 0.3) is 0 Å². The molecular formula is C24H30N4O3. The van der Waals surface area contributed by atoms with Gasteiger partial charge in [0.15, 0.2) is 0 Å². The van der Waals surface area contributed by atoms with Crippen molar-refractivity contribution in [1.29, 1.82) is 0 Å². The second kappa shape index (κ2) is 11.2. The molecule has 3 rings (SSSR count). The van der Waals surface area contributed by atoms with Crippen LogP contribution in [0.15, 0.2) is 48.7 Å². The minimum Gasteiger partial charge on any atom is -0.352 e. The summed E-state index contributed by atoms with van der Waals surface area (Å²) in [5, 5.41) is 5.74. The zero-order valence-corrected chi connectivity index (χ0v) is 18.0. The van der Waals surface area contributed by atoms with Crippen molar-refractivity contribution < 1.29 is 14.4 Å². The van der Waals surface area contributed by atoms with Gasteiger partial charge in [-0.1, -0.05) is 44.0 Å². The molecule has 1 aromatic carbocycles. The maximum Gasteiger partial charge on any atom is 0.240 e. The third-order valence-corrected chi connectivity index (χ3v) is 5.48. The fourth-order valence-corrected chi connectivity index (χ4v) is 3.87. The number of aromatic nitrogens is 1. The predicted molar refractivity (Wildman–Crippen MR) is 121 cm³/mol. The lowest BCUT2D eigenvalue weighted by Crippen LogP contribution is -2.44. The molecule has 1 aliphatic rings. The fraction of sp³-hybridized carbons (Fsp3) is 0.417. The minimum absolute atomic E-state index is 0.00737. The average molecular weight is 423 g/mol. The quantitative estimate of drug-likeness (QED) is 0.647. The van der Waals surface area contributed by atoms with Crippen molar-refractivity contribution in [2.45, 2.75) is 57.9 Å². The van der Waals surface area contributed by atoms with Crippen molar-refractivity contribution in [2.75, 3.05) is 16.8 Å². The number of anilines is 2. The molecule has 1 aromatic heterocycles. The first-order valence-corrected chi connectivity index (χ1v) is 11.0. The Bertz CT molecular complexity index is 895. The Kier molecular flexibility index (Phi) is 8.15. The van der Waals surface area contributed by atoms with Gasteiger partial charge in [0, 0.05) is 30.8 Å². The van der Waals surface area contributed by atoms with E-state index in [1.807, 2.05) is 31.2 Å². The normalized spacial score (nSPS) is 13.6. The Labute approximate surface area is 183 Å². The van der Waals surface area contributed by atoms with Gasteiger partial charge in [0.05, 0.1) is 0 Å². The first kappa shape index (κ1) is 22.5. The SMILES string of the molecule is CCc1ccccc1N(CC(=O)NC1CCCC1)C(=O)CCC(=O)Nc1ccccn1. The minimum atomic E-state index is -0.286. The number of rotatable bonds is 9. The Morgan fingerprint density at radius 2 is 1.74 bits per heavy atom. The number of benzene rings is 1. The number of aryl methyl sites for hydroxylation is 1. The van der Waals surface area contributed by atoms with Gasteiger partial charge in [-0.25, -0.2) is 4.98 Å². The van der Waals surface area contributed by atoms with Gasteiger partial charge >= 0.3 is 0 Å². The molecular weight excluding hydrogens is 392 g/mol. The van der Waals surface area contributed by atoms with Crippen LogP contribution in [0.2, 0.25) is 0 Å². The third kappa shape index (κ3) is 6.64. The molecule has 0 bridgehead atoms. The van der Waals surface area contributed by atoms with Crippen LogP contribution in [0.3, 0.4) is 0 Å². The van der Waals surface area contributed by atoms with E-state index >= 15 is 0 Å². The Balaban J connectivity index is 1.66. The monoisotopic (exact) mass is 422 g/mol. The second-order valence-electron chi connectivity index (χ2n) is 7.77. The third-order valence-electron chi connectivity index (χ3n) is 5.48. The first-order chi connectivity index (χ1) is 15.1. The van der Waals surface area contributed by atoms with E-state index in [0.29, 0.717) is 5.82 Å². The zero-order valence-electron chi connectivity index (χ0n) is 18.0. The lowest BCUT2D eigenvalue weighted by molar-refractivity contribution is -0.125. The molecule has 0 aliphatic heterocycles. The number of nitrogens with one attached hydrogen (secondary N) is 2. The summed E-state index contributed by atoms with van der Waals surface area (Å²) in [4.78, 5) is 43.6. The summed E-state index contributed by atoms with van der Waals surface area (Å²) in [6.45, 7) is 1.97. The molecule has 2 N–H and O–H groups in total. The highest BCUT2D eigenvalue weighted by Crippen LogP contribution is 2.23. The number of nitrogens with zero attached hydrogens (tertiary/aromatic N) is 2. The van der Waals surface area contributed by atoms with E-state index in [4.69, 9.17) is 0 Å². The van der Waals surface area contributed by atoms with Crippen molar-refractivity contribution in [1.82, 2.24) is 10.3 Å². The van der Waals surface area contributed by atoms with Crippen LogP contribution in [-0.4, -0.2) is 35.3 Å². The maximum absolute atomic E-state index is 13.1. The molecule has 0 spiro atoms. The van der Waals surface area contributed by atoms with Gasteiger partial charge in [0.25, 0.3) is 0 Å². The van der Waals surface area contributed by atoms with Gasteiger partial charge in [-0.15, -0.1) is 0 Å². The summed E-state index contributed by atoms with van der Waals surface area (Å²) in [6, 6.07) is 13.0. The molecule has 31 heavy (non-hydrogen) atoms. The first-order valence-electron chi connectivity index (χ1n) is 11.0. The molecule has 0 atom stereocenters. The summed E-state index contributed by atoms with van der Waals surface area (Å²) in [5.41, 5.74) is 1.71. The molecule has 3 amide bonds. The number of amides is 3. The zero-order chi connectivity index (χ0) is 22.1. The smallest absolute Gasteiger partial charge is 0.240 e. The van der Waals surface area contributed by atoms with Gasteiger partial charge in [-0.2, -0.15) is 0 Å². The topological polar surface area (TPSA) is 91.4 Å². The van der Waals surface area contributed by atoms with Gasteiger partial charge in [-0.3, -0.25) is 14.4 Å². The highest BCUT2D eigenvalue weighted by Gasteiger charge is 2.24. The van der Waals surface area contributed by atoms with Crippen molar-refractivity contribution >= 4 is 29.2 Å². The molecule has 1 fully saturated rings. The van der Waals surface area contributed by atoms with Crippen molar-refractivity contribution in [3.05, 3.63) is 54.2 Å². The molecule has 0 unspecified atom stereocenters. The second-order valence-corrected chi connectivity index (χ2v) is 7.77. The van der Waals surface area contributed by atoms with E-state index in [1.165, 1.54) is 4.90 Å². The summed E-state index contributed by atoms with van der Waals surface area (Å²) < 4.78 is 0. The van der Waals surface area contributed by atoms with Crippen LogP contribution in [0, 0.1) is 0 Å². The van der Waals surface area contributed by atoms with Crippen molar-refractivity contribution in [3.63, 3.8) is 0 Å². The average Bonchev–Trinajstić information content (AvgIpc) is 3.29. The van der Waals surface area contributed by atoms with E-state index in [2.05, 4.69) is 15.6 Å². The molecule has 7 heteroatoms. The molecule has 2 aromatic rings. The number of carbonyl (C=O) groups is 3. The summed E-state index contributed by atoms with van der Waals surface area (Å²) in [6.07, 6.45) is 6.57. The summed E-state index contributed by atoms with van der Waals surface area (Å²) in [5.74, 6) is -0.252. The van der Waals surface area contributed by atoms with E-state index in [1.54, 1.807) is 24.4 Å². The predicted octanol–water partition coefficient (Wildman–Crippen LogP) is 3.45. The van der Waals surface area contributed by atoms with Crippen LogP contribution < -0.4 is 15.5 Å². The van der Waals surface area contributed by atoms with Crippen LogP contribution in [-0.2, 0) is 20.8 Å². The number of hydrogen-bond donors (Lipinski definition) is 2. The number of para-hydroxylation sites is 1. The Morgan fingerprint density at radius 1 is 1.00 bits per heavy atom. The van der Waals surface area contributed by atoms with Crippen LogP contribution >= 0.6 is 0 Å². The van der Waals surface area contributed by atoms with E-state index < -0.39 is 0 Å². The molecule has 0 saturated heterocycles. The fourth-order valence-electron chi connectivity index (χ4n) is 3.87. The lowest BCUT2D eigenvalue weighted by atomic mass is 10.1.